The molecule has 5 nitrogen and oxygen atoms in total. The van der Waals surface area contributed by atoms with Crippen LogP contribution in [0.4, 0.5) is 4.79 Å². The molecular formula is C19H39N3O2. The van der Waals surface area contributed by atoms with Crippen molar-refractivity contribution in [3.05, 3.63) is 0 Å². The lowest BCUT2D eigenvalue weighted by molar-refractivity contribution is 0.0652. The summed E-state index contributed by atoms with van der Waals surface area (Å²) in [7, 11) is 1.73. The largest absolute Gasteiger partial charge is 0.381 e. The Morgan fingerprint density at radius 2 is 1.71 bits per heavy atom. The number of rotatable bonds is 13. The zero-order valence-electron chi connectivity index (χ0n) is 16.0. The number of carbonyl (C=O) groups excluding carboxylic acids is 1. The second-order valence-electron chi connectivity index (χ2n) is 7.10. The summed E-state index contributed by atoms with van der Waals surface area (Å²) in [5.41, 5.74) is 0. The first-order chi connectivity index (χ1) is 11.7. The van der Waals surface area contributed by atoms with Crippen molar-refractivity contribution in [3.8, 4) is 0 Å². The highest BCUT2D eigenvalue weighted by Crippen LogP contribution is 2.15. The molecule has 1 saturated heterocycles. The van der Waals surface area contributed by atoms with Crippen molar-refractivity contribution < 1.29 is 9.53 Å². The van der Waals surface area contributed by atoms with Gasteiger partial charge in [-0.15, -0.1) is 0 Å². The van der Waals surface area contributed by atoms with Gasteiger partial charge in [-0.2, -0.15) is 0 Å². The van der Waals surface area contributed by atoms with Crippen LogP contribution in [0.25, 0.3) is 0 Å². The fourth-order valence-electron chi connectivity index (χ4n) is 3.38. The molecule has 1 aliphatic rings. The molecule has 0 aromatic heterocycles. The lowest BCUT2D eigenvalue weighted by Crippen LogP contribution is -2.48. The molecule has 3 atom stereocenters. The molecule has 142 valence electrons. The minimum absolute atomic E-state index is 0.0448. The molecule has 0 radical (unpaired) electrons. The Balaban J connectivity index is 1.98. The lowest BCUT2D eigenvalue weighted by Gasteiger charge is -2.24. The molecule has 2 amide bonds. The molecule has 0 aliphatic carbocycles. The number of hydrogen-bond acceptors (Lipinski definition) is 3. The Morgan fingerprint density at radius 1 is 1.08 bits per heavy atom. The van der Waals surface area contributed by atoms with Crippen LogP contribution in [0.2, 0.25) is 0 Å². The van der Waals surface area contributed by atoms with E-state index in [1.165, 1.54) is 51.4 Å². The Morgan fingerprint density at radius 3 is 2.33 bits per heavy atom. The third-order valence-corrected chi connectivity index (χ3v) is 5.12. The van der Waals surface area contributed by atoms with Gasteiger partial charge in [0.1, 0.15) is 0 Å². The molecule has 5 heteroatoms. The Hall–Kier alpha value is -0.810. The first kappa shape index (κ1) is 21.2. The number of hydrogen-bond donors (Lipinski definition) is 3. The van der Waals surface area contributed by atoms with Gasteiger partial charge in [0.2, 0.25) is 0 Å². The summed E-state index contributed by atoms with van der Waals surface area (Å²) >= 11 is 0. The second-order valence-corrected chi connectivity index (χ2v) is 7.10. The first-order valence-electron chi connectivity index (χ1n) is 9.97. The van der Waals surface area contributed by atoms with Crippen molar-refractivity contribution in [2.75, 3.05) is 26.7 Å². The van der Waals surface area contributed by atoms with Crippen LogP contribution in [0.15, 0.2) is 0 Å². The van der Waals surface area contributed by atoms with Crippen LogP contribution < -0.4 is 16.0 Å². The van der Waals surface area contributed by atoms with Gasteiger partial charge in [-0.1, -0.05) is 58.3 Å². The van der Waals surface area contributed by atoms with Crippen LogP contribution in [0.5, 0.6) is 0 Å². The van der Waals surface area contributed by atoms with Gasteiger partial charge in [0.05, 0.1) is 6.10 Å². The summed E-state index contributed by atoms with van der Waals surface area (Å²) in [4.78, 5) is 12.0. The van der Waals surface area contributed by atoms with Gasteiger partial charge in [0.25, 0.3) is 0 Å². The maximum Gasteiger partial charge on any atom is 0.315 e. The zero-order chi connectivity index (χ0) is 17.6. The van der Waals surface area contributed by atoms with Crippen LogP contribution in [0.1, 0.15) is 71.6 Å². The SMILES string of the molecule is CCCCCCCCCCCNC(=O)N[C@H]1CNCC1C(C)OC. The van der Waals surface area contributed by atoms with Crippen LogP contribution in [0, 0.1) is 5.92 Å². The third-order valence-electron chi connectivity index (χ3n) is 5.12. The number of amides is 2. The molecule has 0 aromatic rings. The molecule has 2 unspecified atom stereocenters. The molecule has 24 heavy (non-hydrogen) atoms. The predicted molar refractivity (Wildman–Crippen MR) is 100 cm³/mol. The van der Waals surface area contributed by atoms with Crippen LogP contribution in [-0.4, -0.2) is 44.9 Å². The number of carbonyl (C=O) groups is 1. The van der Waals surface area contributed by atoms with Gasteiger partial charge < -0.3 is 20.7 Å². The summed E-state index contributed by atoms with van der Waals surface area (Å²) in [5, 5.41) is 9.40. The van der Waals surface area contributed by atoms with Crippen LogP contribution >= 0.6 is 0 Å². The van der Waals surface area contributed by atoms with E-state index in [0.717, 1.165) is 26.1 Å². The van der Waals surface area contributed by atoms with Gasteiger partial charge in [-0.3, -0.25) is 0 Å². The van der Waals surface area contributed by atoms with Crippen molar-refractivity contribution in [1.29, 1.82) is 0 Å². The highest BCUT2D eigenvalue weighted by Gasteiger charge is 2.32. The van der Waals surface area contributed by atoms with E-state index in [9.17, 15) is 4.79 Å². The normalized spacial score (nSPS) is 21.6. The van der Waals surface area contributed by atoms with Gasteiger partial charge in [-0.05, 0) is 13.3 Å². The highest BCUT2D eigenvalue weighted by atomic mass is 16.5. The number of urea groups is 1. The van der Waals surface area contributed by atoms with E-state index in [2.05, 4.69) is 29.8 Å². The fraction of sp³-hybridized carbons (Fsp3) is 0.947. The van der Waals surface area contributed by atoms with E-state index >= 15 is 0 Å². The quantitative estimate of drug-likeness (QED) is 0.450. The Kier molecular flexibility index (Phi) is 11.9. The Labute approximate surface area is 148 Å². The number of ether oxygens (including phenoxy) is 1. The van der Waals surface area contributed by atoms with Gasteiger partial charge in [-0.25, -0.2) is 4.79 Å². The average molecular weight is 342 g/mol. The molecule has 0 aromatic carbocycles. The number of nitrogens with one attached hydrogen (secondary N) is 3. The molecule has 3 N–H and O–H groups in total. The molecular weight excluding hydrogens is 302 g/mol. The lowest BCUT2D eigenvalue weighted by atomic mass is 9.98. The topological polar surface area (TPSA) is 62.4 Å². The van der Waals surface area contributed by atoms with Gasteiger partial charge in [0, 0.05) is 38.7 Å². The minimum Gasteiger partial charge on any atom is -0.381 e. The minimum atomic E-state index is -0.0448. The zero-order valence-corrected chi connectivity index (χ0v) is 16.0. The third kappa shape index (κ3) is 8.88. The van der Waals surface area contributed by atoms with E-state index in [1.54, 1.807) is 7.11 Å². The summed E-state index contributed by atoms with van der Waals surface area (Å²) in [6.45, 7) is 6.81. The van der Waals surface area contributed by atoms with Crippen LogP contribution in [-0.2, 0) is 4.74 Å². The molecule has 1 heterocycles. The fourth-order valence-corrected chi connectivity index (χ4v) is 3.38. The molecule has 1 fully saturated rings. The van der Waals surface area contributed by atoms with E-state index in [0.29, 0.717) is 5.92 Å². The van der Waals surface area contributed by atoms with Gasteiger partial charge in [0.15, 0.2) is 0 Å². The van der Waals surface area contributed by atoms with Crippen LogP contribution in [0.3, 0.4) is 0 Å². The summed E-state index contributed by atoms with van der Waals surface area (Å²) in [6, 6.07) is 0.111. The standard InChI is InChI=1S/C19H39N3O2/c1-4-5-6-7-8-9-10-11-12-13-21-19(23)22-18-15-20-14-17(18)16(2)24-3/h16-18,20H,4-15H2,1-3H3,(H2,21,22,23)/t16?,17?,18-/m0/s1. The number of unbranched alkanes of at least 4 members (excludes halogenated alkanes) is 8. The molecule has 1 aliphatic heterocycles. The van der Waals surface area contributed by atoms with Crippen molar-refractivity contribution in [2.45, 2.75) is 83.8 Å². The van der Waals surface area contributed by atoms with Gasteiger partial charge >= 0.3 is 6.03 Å². The average Bonchev–Trinajstić information content (AvgIpc) is 3.04. The monoisotopic (exact) mass is 341 g/mol. The first-order valence-corrected chi connectivity index (χ1v) is 9.97. The van der Waals surface area contributed by atoms with Crippen molar-refractivity contribution in [2.24, 2.45) is 5.92 Å². The van der Waals surface area contributed by atoms with E-state index in [-0.39, 0.29) is 18.2 Å². The highest BCUT2D eigenvalue weighted by molar-refractivity contribution is 5.74. The molecule has 0 spiro atoms. The smallest absolute Gasteiger partial charge is 0.315 e. The summed E-state index contributed by atoms with van der Waals surface area (Å²) < 4.78 is 5.40. The van der Waals surface area contributed by atoms with Crippen molar-refractivity contribution >= 4 is 6.03 Å². The van der Waals surface area contributed by atoms with E-state index in [1.807, 2.05) is 0 Å². The maximum atomic E-state index is 12.0. The second kappa shape index (κ2) is 13.5. The maximum absolute atomic E-state index is 12.0. The molecule has 0 bridgehead atoms. The summed E-state index contributed by atoms with van der Waals surface area (Å²) in [6.07, 6.45) is 11.9. The van der Waals surface area contributed by atoms with Crippen molar-refractivity contribution in [1.82, 2.24) is 16.0 Å². The molecule has 1 rings (SSSR count). The van der Waals surface area contributed by atoms with E-state index < -0.39 is 0 Å². The predicted octanol–water partition coefficient (Wildman–Crippen LogP) is 3.44. The van der Waals surface area contributed by atoms with E-state index in [4.69, 9.17) is 4.74 Å². The Bertz CT molecular complexity index is 326. The van der Waals surface area contributed by atoms with Crippen molar-refractivity contribution in [3.63, 3.8) is 0 Å². The number of methoxy groups -OCH3 is 1. The summed E-state index contributed by atoms with van der Waals surface area (Å²) in [5.74, 6) is 0.341. The molecule has 0 saturated carbocycles.